The highest BCUT2D eigenvalue weighted by Gasteiger charge is 2.14. The van der Waals surface area contributed by atoms with Crippen molar-refractivity contribution in [2.75, 3.05) is 0 Å². The van der Waals surface area contributed by atoms with Crippen molar-refractivity contribution in [3.63, 3.8) is 0 Å². The minimum atomic E-state index is -0.212. The van der Waals surface area contributed by atoms with E-state index in [2.05, 4.69) is 15.5 Å². The van der Waals surface area contributed by atoms with E-state index in [0.29, 0.717) is 11.5 Å². The van der Waals surface area contributed by atoms with Gasteiger partial charge in [-0.25, -0.2) is 10.4 Å². The molecule has 1 aliphatic rings. The van der Waals surface area contributed by atoms with Crippen LogP contribution in [0.2, 0.25) is 0 Å². The van der Waals surface area contributed by atoms with Crippen LogP contribution in [0.15, 0.2) is 60.0 Å². The number of benzene rings is 1. The van der Waals surface area contributed by atoms with Crippen molar-refractivity contribution in [3.8, 4) is 11.3 Å². The van der Waals surface area contributed by atoms with Crippen molar-refractivity contribution in [2.24, 2.45) is 11.0 Å². The van der Waals surface area contributed by atoms with Crippen LogP contribution < -0.4 is 5.43 Å². The van der Waals surface area contributed by atoms with E-state index in [1.807, 2.05) is 48.7 Å². The number of hydrogen-bond donors (Lipinski definition) is 1. The molecule has 5 heteroatoms. The third kappa shape index (κ3) is 4.03. The molecule has 0 radical (unpaired) electrons. The Morgan fingerprint density at radius 1 is 1.07 bits per heavy atom. The summed E-state index contributed by atoms with van der Waals surface area (Å²) in [6.07, 6.45) is 11.4. The van der Waals surface area contributed by atoms with Gasteiger partial charge in [-0.2, -0.15) is 5.10 Å². The zero-order valence-electron chi connectivity index (χ0n) is 15.1. The zero-order chi connectivity index (χ0) is 18.5. The fraction of sp³-hybridized carbons (Fsp3) is 0.273. The monoisotopic (exact) mass is 358 g/mol. The van der Waals surface area contributed by atoms with Gasteiger partial charge in [-0.05, 0) is 43.0 Å². The summed E-state index contributed by atoms with van der Waals surface area (Å²) in [7, 11) is 0. The number of fused-ring (bicyclic) bond motifs is 1. The van der Waals surface area contributed by atoms with E-state index in [9.17, 15) is 4.79 Å². The van der Waals surface area contributed by atoms with Crippen LogP contribution in [0.3, 0.4) is 0 Å². The second-order valence-electron chi connectivity index (χ2n) is 6.93. The number of nitrogens with zero attached hydrogens (tertiary/aromatic N) is 3. The van der Waals surface area contributed by atoms with Crippen molar-refractivity contribution < 1.29 is 4.79 Å². The number of pyridine rings is 2. The Bertz CT molecular complexity index is 962. The molecule has 27 heavy (non-hydrogen) atoms. The quantitative estimate of drug-likeness (QED) is 0.548. The third-order valence-corrected chi connectivity index (χ3v) is 5.04. The Balaban J connectivity index is 1.63. The largest absolute Gasteiger partial charge is 0.272 e. The van der Waals surface area contributed by atoms with Gasteiger partial charge in [0.25, 0.3) is 5.91 Å². The molecule has 1 fully saturated rings. The molecule has 1 aromatic carbocycles. The maximum absolute atomic E-state index is 12.8. The summed E-state index contributed by atoms with van der Waals surface area (Å²) in [5, 5.41) is 5.05. The van der Waals surface area contributed by atoms with Crippen LogP contribution in [0.1, 0.15) is 42.5 Å². The first-order valence-corrected chi connectivity index (χ1v) is 9.45. The van der Waals surface area contributed by atoms with Gasteiger partial charge in [0.15, 0.2) is 0 Å². The lowest BCUT2D eigenvalue weighted by Gasteiger charge is -2.16. The minimum absolute atomic E-state index is 0.212. The van der Waals surface area contributed by atoms with Crippen LogP contribution in [0.4, 0.5) is 0 Å². The first-order valence-electron chi connectivity index (χ1n) is 9.45. The smallest absolute Gasteiger partial charge is 0.267 e. The van der Waals surface area contributed by atoms with E-state index in [0.717, 1.165) is 35.0 Å². The molecule has 2 aromatic heterocycles. The lowest BCUT2D eigenvalue weighted by molar-refractivity contribution is 0.0956. The molecule has 0 aliphatic heterocycles. The summed E-state index contributed by atoms with van der Waals surface area (Å²) in [5.74, 6) is 0.261. The number of rotatable bonds is 4. The maximum atomic E-state index is 12.8. The van der Waals surface area contributed by atoms with Crippen molar-refractivity contribution in [1.29, 1.82) is 0 Å². The number of carbonyl (C=O) groups excluding carboxylic acids is 1. The number of carbonyl (C=O) groups is 1. The van der Waals surface area contributed by atoms with E-state index < -0.39 is 0 Å². The fourth-order valence-electron chi connectivity index (χ4n) is 3.58. The standard InChI is InChI=1S/C22H22N4O/c27-22(26-24-15-16-6-2-1-3-7-16)19-14-21(17-10-12-23-13-11-17)25-20-9-5-4-8-18(19)20/h4-5,8-16H,1-3,6-7H2,(H,26,27)/b24-15-. The van der Waals surface area contributed by atoms with E-state index in [1.54, 1.807) is 12.4 Å². The lowest BCUT2D eigenvalue weighted by atomic mass is 9.90. The van der Waals surface area contributed by atoms with E-state index in [4.69, 9.17) is 4.98 Å². The molecule has 136 valence electrons. The van der Waals surface area contributed by atoms with Crippen LogP contribution in [0, 0.1) is 5.92 Å². The van der Waals surface area contributed by atoms with Crippen molar-refractivity contribution >= 4 is 23.0 Å². The van der Waals surface area contributed by atoms with Gasteiger partial charge < -0.3 is 0 Å². The van der Waals surface area contributed by atoms with Crippen molar-refractivity contribution in [3.05, 3.63) is 60.4 Å². The summed E-state index contributed by atoms with van der Waals surface area (Å²) < 4.78 is 0. The number of amides is 1. The van der Waals surface area contributed by atoms with E-state index in [1.165, 1.54) is 19.3 Å². The number of hydrogen-bond acceptors (Lipinski definition) is 4. The third-order valence-electron chi connectivity index (χ3n) is 5.04. The Morgan fingerprint density at radius 2 is 1.85 bits per heavy atom. The molecule has 1 N–H and O–H groups in total. The van der Waals surface area contributed by atoms with Gasteiger partial charge in [-0.15, -0.1) is 0 Å². The van der Waals surface area contributed by atoms with Gasteiger partial charge in [0.05, 0.1) is 16.8 Å². The lowest BCUT2D eigenvalue weighted by Crippen LogP contribution is -2.20. The van der Waals surface area contributed by atoms with Crippen molar-refractivity contribution in [1.82, 2.24) is 15.4 Å². The van der Waals surface area contributed by atoms with Crippen LogP contribution in [0.5, 0.6) is 0 Å². The molecule has 0 atom stereocenters. The van der Waals surface area contributed by atoms with Gasteiger partial charge >= 0.3 is 0 Å². The Hall–Kier alpha value is -3.08. The average Bonchev–Trinajstić information content (AvgIpc) is 2.74. The summed E-state index contributed by atoms with van der Waals surface area (Å²) in [6, 6.07) is 13.3. The molecule has 0 spiro atoms. The zero-order valence-corrected chi connectivity index (χ0v) is 15.1. The molecule has 0 saturated heterocycles. The van der Waals surface area contributed by atoms with Gasteiger partial charge in [-0.3, -0.25) is 9.78 Å². The highest BCUT2D eigenvalue weighted by Crippen LogP contribution is 2.25. The Labute approximate surface area is 158 Å². The maximum Gasteiger partial charge on any atom is 0.272 e. The summed E-state index contributed by atoms with van der Waals surface area (Å²) in [6.45, 7) is 0. The fourth-order valence-corrected chi connectivity index (χ4v) is 3.58. The van der Waals surface area contributed by atoms with Gasteiger partial charge in [0.2, 0.25) is 0 Å². The van der Waals surface area contributed by atoms with Gasteiger partial charge in [-0.1, -0.05) is 37.5 Å². The summed E-state index contributed by atoms with van der Waals surface area (Å²) in [5.41, 5.74) is 5.74. The van der Waals surface area contributed by atoms with Crippen molar-refractivity contribution in [2.45, 2.75) is 32.1 Å². The predicted octanol–water partition coefficient (Wildman–Crippen LogP) is 4.59. The van der Waals surface area contributed by atoms with Crippen LogP contribution >= 0.6 is 0 Å². The minimum Gasteiger partial charge on any atom is -0.267 e. The van der Waals surface area contributed by atoms with Gasteiger partial charge in [0.1, 0.15) is 0 Å². The second kappa shape index (κ2) is 8.08. The normalized spacial score (nSPS) is 15.3. The topological polar surface area (TPSA) is 67.2 Å². The molecule has 1 saturated carbocycles. The molecule has 0 unspecified atom stereocenters. The molecule has 2 heterocycles. The summed E-state index contributed by atoms with van der Waals surface area (Å²) in [4.78, 5) is 21.6. The average molecular weight is 358 g/mol. The second-order valence-corrected chi connectivity index (χ2v) is 6.93. The molecule has 0 bridgehead atoms. The van der Waals surface area contributed by atoms with Crippen LogP contribution in [-0.2, 0) is 0 Å². The highest BCUT2D eigenvalue weighted by atomic mass is 16.2. The number of nitrogens with one attached hydrogen (secondary N) is 1. The van der Waals surface area contributed by atoms with Crippen LogP contribution in [0.25, 0.3) is 22.2 Å². The Morgan fingerprint density at radius 3 is 2.67 bits per heavy atom. The predicted molar refractivity (Wildman–Crippen MR) is 108 cm³/mol. The first kappa shape index (κ1) is 17.3. The molecule has 4 rings (SSSR count). The number of hydrazone groups is 1. The first-order chi connectivity index (χ1) is 13.3. The van der Waals surface area contributed by atoms with Crippen LogP contribution in [-0.4, -0.2) is 22.1 Å². The van der Waals surface area contributed by atoms with E-state index in [-0.39, 0.29) is 5.91 Å². The van der Waals surface area contributed by atoms with E-state index >= 15 is 0 Å². The Kier molecular flexibility index (Phi) is 5.19. The molecule has 5 nitrogen and oxygen atoms in total. The van der Waals surface area contributed by atoms with Gasteiger partial charge in [0, 0.05) is 29.6 Å². The SMILES string of the molecule is O=C(N/N=C\C1CCCCC1)c1cc(-c2ccncc2)nc2ccccc12. The molecular formula is C22H22N4O. The highest BCUT2D eigenvalue weighted by molar-refractivity contribution is 6.07. The molecule has 1 aliphatic carbocycles. The molecule has 3 aromatic rings. The number of aromatic nitrogens is 2. The molecule has 1 amide bonds. The number of para-hydroxylation sites is 1. The molecular weight excluding hydrogens is 336 g/mol. The summed E-state index contributed by atoms with van der Waals surface area (Å²) >= 11 is 0.